The van der Waals surface area contributed by atoms with Crippen LogP contribution in [-0.2, 0) is 24.3 Å². The fourth-order valence-electron chi connectivity index (χ4n) is 4.77. The summed E-state index contributed by atoms with van der Waals surface area (Å²) in [5.41, 5.74) is 4.15. The normalized spacial score (nSPS) is 15.3. The zero-order valence-corrected chi connectivity index (χ0v) is 20.6. The molecule has 1 atom stereocenters. The minimum absolute atomic E-state index is 0.119. The molecule has 4 bridgehead atoms. The third kappa shape index (κ3) is 4.85. The first-order valence-corrected chi connectivity index (χ1v) is 12.4. The summed E-state index contributed by atoms with van der Waals surface area (Å²) >= 11 is 0. The summed E-state index contributed by atoms with van der Waals surface area (Å²) in [7, 11) is 0. The van der Waals surface area contributed by atoms with Crippen molar-refractivity contribution in [2.45, 2.75) is 25.6 Å². The zero-order chi connectivity index (χ0) is 25.9. The highest BCUT2D eigenvalue weighted by molar-refractivity contribution is 6.04. The van der Waals surface area contributed by atoms with E-state index in [1.807, 2.05) is 89.6 Å². The summed E-state index contributed by atoms with van der Waals surface area (Å²) in [6.07, 6.45) is 4.13. The molecule has 5 aromatic rings. The van der Waals surface area contributed by atoms with Crippen LogP contribution in [0.25, 0.3) is 15.6 Å². The van der Waals surface area contributed by atoms with E-state index in [2.05, 4.69) is 20.5 Å². The number of aromatic nitrogens is 2. The SMILES string of the molecule is [C-]#[N+]c1ccc2cc1Oc1ccc3cccc(c3c1)NC(=O)[C@@H](Cc1ccccc1)NCc1cncn1C2. The van der Waals surface area contributed by atoms with Gasteiger partial charge in [-0.25, -0.2) is 9.83 Å². The topological polar surface area (TPSA) is 72.5 Å². The Balaban J connectivity index is 1.44. The van der Waals surface area contributed by atoms with Crippen LogP contribution in [-0.4, -0.2) is 21.5 Å². The molecule has 0 saturated carbocycles. The Morgan fingerprint density at radius 1 is 1.03 bits per heavy atom. The van der Waals surface area contributed by atoms with Crippen molar-refractivity contribution in [2.75, 3.05) is 5.32 Å². The maximum atomic E-state index is 13.7. The maximum Gasteiger partial charge on any atom is 0.241 e. The largest absolute Gasteiger partial charge is 0.468 e. The lowest BCUT2D eigenvalue weighted by Crippen LogP contribution is -2.42. The van der Waals surface area contributed by atoms with E-state index in [1.165, 1.54) is 0 Å². The van der Waals surface area contributed by atoms with Gasteiger partial charge in [-0.15, -0.1) is 0 Å². The molecule has 38 heavy (non-hydrogen) atoms. The number of ether oxygens (including phenoxy) is 1. The molecule has 6 rings (SSSR count). The van der Waals surface area contributed by atoms with Crippen molar-refractivity contribution in [3.05, 3.63) is 126 Å². The third-order valence-corrected chi connectivity index (χ3v) is 6.76. The molecule has 2 heterocycles. The van der Waals surface area contributed by atoms with E-state index in [9.17, 15) is 4.79 Å². The van der Waals surface area contributed by atoms with E-state index in [-0.39, 0.29) is 5.91 Å². The predicted molar refractivity (Wildman–Crippen MR) is 147 cm³/mol. The van der Waals surface area contributed by atoms with Gasteiger partial charge in [0.2, 0.25) is 11.6 Å². The molecule has 0 aliphatic carbocycles. The van der Waals surface area contributed by atoms with Gasteiger partial charge in [0.05, 0.1) is 24.6 Å². The summed E-state index contributed by atoms with van der Waals surface area (Å²) in [5.74, 6) is 0.968. The highest BCUT2D eigenvalue weighted by Crippen LogP contribution is 2.36. The van der Waals surface area contributed by atoms with Gasteiger partial charge in [0, 0.05) is 30.4 Å². The van der Waals surface area contributed by atoms with Gasteiger partial charge in [0.1, 0.15) is 11.5 Å². The van der Waals surface area contributed by atoms with Gasteiger partial charge in [-0.1, -0.05) is 60.7 Å². The van der Waals surface area contributed by atoms with Crippen LogP contribution in [0.1, 0.15) is 16.8 Å². The van der Waals surface area contributed by atoms with Crippen LogP contribution in [0.4, 0.5) is 11.4 Å². The quantitative estimate of drug-likeness (QED) is 0.289. The molecule has 2 N–H and O–H groups in total. The Morgan fingerprint density at radius 2 is 1.92 bits per heavy atom. The highest BCUT2D eigenvalue weighted by atomic mass is 16.5. The van der Waals surface area contributed by atoms with Crippen molar-refractivity contribution >= 4 is 28.1 Å². The number of rotatable bonds is 2. The predicted octanol–water partition coefficient (Wildman–Crippen LogP) is 6.08. The molecule has 1 aromatic heterocycles. The molecular formula is C31H25N5O2. The van der Waals surface area contributed by atoms with Crippen molar-refractivity contribution in [3.63, 3.8) is 0 Å². The third-order valence-electron chi connectivity index (χ3n) is 6.76. The van der Waals surface area contributed by atoms with Crippen LogP contribution < -0.4 is 15.4 Å². The maximum absolute atomic E-state index is 13.7. The van der Waals surface area contributed by atoms with Crippen LogP contribution in [0.5, 0.6) is 11.5 Å². The number of hydrogen-bond donors (Lipinski definition) is 2. The standard InChI is InChI=1S/C31H25N5O2/c1-32-28-13-10-22-15-30(28)38-25-12-11-23-8-5-9-27(26(23)16-25)35-31(37)29(14-21-6-3-2-4-7-21)34-18-24-17-33-20-36(24)19-22/h2-13,15-17,20,29,34H,14,18-19H2,(H,35,37)/t29-/m1/s1. The number of carbonyl (C=O) groups is 1. The number of fused-ring (bicyclic) bond motifs is 4. The molecule has 0 saturated heterocycles. The first kappa shape index (κ1) is 23.5. The molecule has 1 aliphatic heterocycles. The molecule has 1 amide bonds. The van der Waals surface area contributed by atoms with Crippen LogP contribution in [0, 0.1) is 6.57 Å². The average Bonchev–Trinajstić information content (AvgIpc) is 3.38. The molecule has 0 unspecified atom stereocenters. The van der Waals surface area contributed by atoms with E-state index < -0.39 is 6.04 Å². The lowest BCUT2D eigenvalue weighted by Gasteiger charge is -2.21. The Kier molecular flexibility index (Phi) is 6.30. The second-order valence-corrected chi connectivity index (χ2v) is 9.33. The molecule has 0 radical (unpaired) electrons. The van der Waals surface area contributed by atoms with Crippen molar-refractivity contribution in [1.82, 2.24) is 14.9 Å². The molecule has 0 spiro atoms. The van der Waals surface area contributed by atoms with Crippen molar-refractivity contribution in [2.24, 2.45) is 0 Å². The number of benzene rings is 4. The van der Waals surface area contributed by atoms with Gasteiger partial charge in [-0.2, -0.15) is 0 Å². The van der Waals surface area contributed by atoms with Crippen LogP contribution in [0.3, 0.4) is 0 Å². The fraction of sp³-hybridized carbons (Fsp3) is 0.129. The number of hydrogen-bond acceptors (Lipinski definition) is 4. The second-order valence-electron chi connectivity index (χ2n) is 9.33. The van der Waals surface area contributed by atoms with Gasteiger partial charge in [-0.05, 0) is 47.2 Å². The molecule has 7 heteroatoms. The van der Waals surface area contributed by atoms with Gasteiger partial charge >= 0.3 is 0 Å². The summed E-state index contributed by atoms with van der Waals surface area (Å²) in [6.45, 7) is 8.63. The van der Waals surface area contributed by atoms with Crippen LogP contribution >= 0.6 is 0 Å². The van der Waals surface area contributed by atoms with E-state index in [0.29, 0.717) is 42.4 Å². The number of nitrogens with one attached hydrogen (secondary N) is 2. The Hall–Kier alpha value is -4.93. The van der Waals surface area contributed by atoms with Gasteiger partial charge in [0.15, 0.2) is 0 Å². The molecule has 7 nitrogen and oxygen atoms in total. The lowest BCUT2D eigenvalue weighted by molar-refractivity contribution is -0.118. The number of carbonyl (C=O) groups excluding carboxylic acids is 1. The highest BCUT2D eigenvalue weighted by Gasteiger charge is 2.21. The summed E-state index contributed by atoms with van der Waals surface area (Å²) in [4.78, 5) is 21.7. The number of anilines is 1. The van der Waals surface area contributed by atoms with Crippen molar-refractivity contribution in [3.8, 4) is 11.5 Å². The molecule has 0 fully saturated rings. The monoisotopic (exact) mass is 499 g/mol. The van der Waals surface area contributed by atoms with Gasteiger partial charge in [-0.3, -0.25) is 10.1 Å². The minimum Gasteiger partial charge on any atom is -0.468 e. The second kappa shape index (κ2) is 10.2. The van der Waals surface area contributed by atoms with E-state index in [0.717, 1.165) is 27.6 Å². The van der Waals surface area contributed by atoms with E-state index in [4.69, 9.17) is 11.3 Å². The van der Waals surface area contributed by atoms with E-state index >= 15 is 0 Å². The zero-order valence-electron chi connectivity index (χ0n) is 20.6. The fourth-order valence-corrected chi connectivity index (χ4v) is 4.77. The van der Waals surface area contributed by atoms with Crippen LogP contribution in [0.2, 0.25) is 0 Å². The summed E-state index contributed by atoms with van der Waals surface area (Å²) in [5, 5.41) is 8.46. The number of nitrogens with zero attached hydrogens (tertiary/aromatic N) is 3. The number of amides is 1. The average molecular weight is 500 g/mol. The summed E-state index contributed by atoms with van der Waals surface area (Å²) in [6, 6.07) is 26.7. The lowest BCUT2D eigenvalue weighted by atomic mass is 10.0. The van der Waals surface area contributed by atoms with Gasteiger partial charge in [0.25, 0.3) is 0 Å². The molecular weight excluding hydrogens is 474 g/mol. The Labute approximate surface area is 220 Å². The molecule has 186 valence electrons. The smallest absolute Gasteiger partial charge is 0.241 e. The van der Waals surface area contributed by atoms with E-state index in [1.54, 1.807) is 12.4 Å². The molecule has 4 aromatic carbocycles. The van der Waals surface area contributed by atoms with Crippen molar-refractivity contribution in [1.29, 1.82) is 0 Å². The van der Waals surface area contributed by atoms with Crippen molar-refractivity contribution < 1.29 is 9.53 Å². The molecule has 1 aliphatic rings. The Bertz CT molecular complexity index is 1670. The Morgan fingerprint density at radius 3 is 2.79 bits per heavy atom. The minimum atomic E-state index is -0.465. The first-order valence-electron chi connectivity index (χ1n) is 12.4. The number of imidazole rings is 1. The van der Waals surface area contributed by atoms with Crippen LogP contribution in [0.15, 0.2) is 97.5 Å². The first-order chi connectivity index (χ1) is 18.7. The summed E-state index contributed by atoms with van der Waals surface area (Å²) < 4.78 is 8.27. The van der Waals surface area contributed by atoms with Gasteiger partial charge < -0.3 is 14.6 Å².